The first-order chi connectivity index (χ1) is 13.9. The topological polar surface area (TPSA) is 51.0 Å². The van der Waals surface area contributed by atoms with Gasteiger partial charge in [0.15, 0.2) is 0 Å². The molecule has 0 atom stereocenters. The van der Waals surface area contributed by atoms with E-state index in [0.717, 1.165) is 16.3 Å². The van der Waals surface area contributed by atoms with E-state index in [0.29, 0.717) is 12.1 Å². The first-order valence-corrected chi connectivity index (χ1v) is 9.67. The van der Waals surface area contributed by atoms with E-state index in [4.69, 9.17) is 0 Å². The zero-order chi connectivity index (χ0) is 20.4. The summed E-state index contributed by atoms with van der Waals surface area (Å²) in [5.41, 5.74) is 2.90. The van der Waals surface area contributed by atoms with E-state index in [1.807, 2.05) is 48.5 Å². The zero-order valence-corrected chi connectivity index (χ0v) is 16.9. The van der Waals surface area contributed by atoms with Gasteiger partial charge in [-0.15, -0.1) is 5.10 Å². The van der Waals surface area contributed by atoms with Crippen molar-refractivity contribution in [2.75, 3.05) is 5.01 Å². The van der Waals surface area contributed by atoms with Crippen LogP contribution in [0.2, 0.25) is 0 Å². The van der Waals surface area contributed by atoms with Crippen molar-refractivity contribution in [1.82, 2.24) is 14.9 Å². The molecule has 0 unspecified atom stereocenters. The molecular formula is C24H24N4O. The Morgan fingerprint density at radius 2 is 1.69 bits per heavy atom. The van der Waals surface area contributed by atoms with Gasteiger partial charge >= 0.3 is 0 Å². The molecule has 1 heterocycles. The Morgan fingerprint density at radius 3 is 2.38 bits per heavy atom. The van der Waals surface area contributed by atoms with Crippen molar-refractivity contribution in [2.24, 2.45) is 0 Å². The Labute approximate surface area is 170 Å². The molecule has 0 aliphatic carbocycles. The lowest BCUT2D eigenvalue weighted by Crippen LogP contribution is -2.40. The molecule has 1 aromatic heterocycles. The highest BCUT2D eigenvalue weighted by atomic mass is 16.2. The molecule has 146 valence electrons. The average molecular weight is 384 g/mol. The van der Waals surface area contributed by atoms with Crippen molar-refractivity contribution in [3.8, 4) is 0 Å². The van der Waals surface area contributed by atoms with Crippen LogP contribution in [0.5, 0.6) is 0 Å². The molecule has 3 aromatic carbocycles. The summed E-state index contributed by atoms with van der Waals surface area (Å²) in [6.07, 6.45) is 2.98. The lowest BCUT2D eigenvalue weighted by atomic mass is 9.86. The third kappa shape index (κ3) is 3.90. The van der Waals surface area contributed by atoms with E-state index in [2.05, 4.69) is 49.1 Å². The Morgan fingerprint density at radius 1 is 0.966 bits per heavy atom. The van der Waals surface area contributed by atoms with Crippen LogP contribution < -0.4 is 5.01 Å². The van der Waals surface area contributed by atoms with Crippen LogP contribution in [0, 0.1) is 0 Å². The highest BCUT2D eigenvalue weighted by molar-refractivity contribution is 6.01. The highest BCUT2D eigenvalue weighted by Gasteiger charge is 2.21. The standard InChI is InChI=1S/C24H24N4O/c1-24(2,3)21-13-11-19(12-14-21)23(29)27(28-17-25-16-26-28)15-20-9-6-8-18-7-4-5-10-22(18)20/h4-14,16-17H,15H2,1-3H3. The van der Waals surface area contributed by atoms with Gasteiger partial charge in [0.25, 0.3) is 5.91 Å². The van der Waals surface area contributed by atoms with Crippen LogP contribution in [0.3, 0.4) is 0 Å². The van der Waals surface area contributed by atoms with Gasteiger partial charge in [0, 0.05) is 5.56 Å². The second-order valence-corrected chi connectivity index (χ2v) is 8.14. The van der Waals surface area contributed by atoms with Crippen LogP contribution in [0.1, 0.15) is 42.3 Å². The third-order valence-electron chi connectivity index (χ3n) is 5.09. The van der Waals surface area contributed by atoms with Gasteiger partial charge in [-0.05, 0) is 39.4 Å². The fraction of sp³-hybridized carbons (Fsp3) is 0.208. The molecule has 1 amide bonds. The molecule has 5 heteroatoms. The number of aromatic nitrogens is 3. The lowest BCUT2D eigenvalue weighted by Gasteiger charge is -2.24. The average Bonchev–Trinajstić information content (AvgIpc) is 3.25. The second kappa shape index (κ2) is 7.51. The van der Waals surface area contributed by atoms with Crippen molar-refractivity contribution in [3.63, 3.8) is 0 Å². The summed E-state index contributed by atoms with van der Waals surface area (Å²) >= 11 is 0. The zero-order valence-electron chi connectivity index (χ0n) is 16.9. The fourth-order valence-corrected chi connectivity index (χ4v) is 3.42. The Bertz CT molecular complexity index is 1120. The number of amides is 1. The smallest absolute Gasteiger partial charge is 0.267 e. The molecule has 0 aliphatic heterocycles. The molecule has 5 nitrogen and oxygen atoms in total. The maximum Gasteiger partial charge on any atom is 0.274 e. The van der Waals surface area contributed by atoms with Gasteiger partial charge in [-0.3, -0.25) is 4.79 Å². The number of nitrogens with zero attached hydrogens (tertiary/aromatic N) is 4. The lowest BCUT2D eigenvalue weighted by molar-refractivity contribution is 0.0950. The van der Waals surface area contributed by atoms with E-state index < -0.39 is 0 Å². The molecule has 0 saturated carbocycles. The van der Waals surface area contributed by atoms with Crippen LogP contribution in [0.15, 0.2) is 79.4 Å². The van der Waals surface area contributed by atoms with Gasteiger partial charge in [-0.2, -0.15) is 4.79 Å². The van der Waals surface area contributed by atoms with Crippen LogP contribution in [-0.2, 0) is 12.0 Å². The predicted molar refractivity (Wildman–Crippen MR) is 115 cm³/mol. The Kier molecular flexibility index (Phi) is 4.89. The number of benzene rings is 3. The summed E-state index contributed by atoms with van der Waals surface area (Å²) in [6.45, 7) is 6.87. The summed E-state index contributed by atoms with van der Waals surface area (Å²) in [6, 6.07) is 22.1. The van der Waals surface area contributed by atoms with E-state index in [9.17, 15) is 4.79 Å². The normalized spacial score (nSPS) is 11.6. The van der Waals surface area contributed by atoms with Gasteiger partial charge in [-0.25, -0.2) is 9.99 Å². The predicted octanol–water partition coefficient (Wildman–Crippen LogP) is 4.71. The maximum atomic E-state index is 13.4. The second-order valence-electron chi connectivity index (χ2n) is 8.14. The summed E-state index contributed by atoms with van der Waals surface area (Å²) in [5.74, 6) is -0.121. The monoisotopic (exact) mass is 384 g/mol. The number of rotatable bonds is 4. The number of hydrogen-bond acceptors (Lipinski definition) is 3. The van der Waals surface area contributed by atoms with E-state index in [1.165, 1.54) is 16.7 Å². The SMILES string of the molecule is CC(C)(C)c1ccc(C(=O)N(Cc2cccc3ccccc23)n2cncn2)cc1. The van der Waals surface area contributed by atoms with Gasteiger partial charge in [-0.1, -0.05) is 75.4 Å². The Balaban J connectivity index is 1.70. The van der Waals surface area contributed by atoms with Crippen molar-refractivity contribution >= 4 is 16.7 Å². The molecular weight excluding hydrogens is 360 g/mol. The van der Waals surface area contributed by atoms with Crippen LogP contribution in [0.4, 0.5) is 0 Å². The number of hydrogen-bond donors (Lipinski definition) is 0. The fourth-order valence-electron chi connectivity index (χ4n) is 3.42. The van der Waals surface area contributed by atoms with Crippen molar-refractivity contribution in [1.29, 1.82) is 0 Å². The summed E-state index contributed by atoms with van der Waals surface area (Å²) < 4.78 is 0. The molecule has 0 aliphatic rings. The van der Waals surface area contributed by atoms with Gasteiger partial charge in [0.1, 0.15) is 12.7 Å². The van der Waals surface area contributed by atoms with E-state index >= 15 is 0 Å². The minimum Gasteiger partial charge on any atom is -0.267 e. The molecule has 0 N–H and O–H groups in total. The van der Waals surface area contributed by atoms with Crippen LogP contribution in [-0.4, -0.2) is 20.8 Å². The molecule has 0 radical (unpaired) electrons. The minimum atomic E-state index is -0.121. The van der Waals surface area contributed by atoms with Crippen LogP contribution >= 0.6 is 0 Å². The number of carbonyl (C=O) groups is 1. The quantitative estimate of drug-likeness (QED) is 0.512. The maximum absolute atomic E-state index is 13.4. The largest absolute Gasteiger partial charge is 0.274 e. The highest BCUT2D eigenvalue weighted by Crippen LogP contribution is 2.23. The van der Waals surface area contributed by atoms with Crippen molar-refractivity contribution < 1.29 is 4.79 Å². The minimum absolute atomic E-state index is 0.0378. The molecule has 0 fully saturated rings. The summed E-state index contributed by atoms with van der Waals surface area (Å²) in [5, 5.41) is 8.08. The molecule has 4 rings (SSSR count). The van der Waals surface area contributed by atoms with Gasteiger partial charge in [0.05, 0.1) is 6.54 Å². The van der Waals surface area contributed by atoms with Crippen molar-refractivity contribution in [2.45, 2.75) is 32.7 Å². The third-order valence-corrected chi connectivity index (χ3v) is 5.09. The van der Waals surface area contributed by atoms with Crippen LogP contribution in [0.25, 0.3) is 10.8 Å². The first kappa shape index (κ1) is 18.9. The van der Waals surface area contributed by atoms with Crippen molar-refractivity contribution in [3.05, 3.63) is 96.1 Å². The van der Waals surface area contributed by atoms with Gasteiger partial charge < -0.3 is 0 Å². The Hall–Kier alpha value is -3.47. The molecule has 0 saturated heterocycles. The summed E-state index contributed by atoms with van der Waals surface area (Å²) in [7, 11) is 0. The van der Waals surface area contributed by atoms with E-state index in [1.54, 1.807) is 11.3 Å². The molecule has 4 aromatic rings. The molecule has 0 spiro atoms. The van der Waals surface area contributed by atoms with E-state index in [-0.39, 0.29) is 11.3 Å². The summed E-state index contributed by atoms with van der Waals surface area (Å²) in [4.78, 5) is 18.9. The molecule has 29 heavy (non-hydrogen) atoms. The molecule has 0 bridgehead atoms. The first-order valence-electron chi connectivity index (χ1n) is 9.67. The number of fused-ring (bicyclic) bond motifs is 1. The number of carbonyl (C=O) groups excluding carboxylic acids is 1. The van der Waals surface area contributed by atoms with Gasteiger partial charge in [0.2, 0.25) is 0 Å².